The van der Waals surface area contributed by atoms with E-state index < -0.39 is 35.2 Å². The summed E-state index contributed by atoms with van der Waals surface area (Å²) in [6.07, 6.45) is -0.193. The molecule has 2 aliphatic heterocycles. The van der Waals surface area contributed by atoms with Crippen molar-refractivity contribution in [2.75, 3.05) is 11.9 Å². The number of halogens is 3. The molecular formula is C45H41F3N2O4. The molecule has 2 heterocycles. The molecule has 9 heteroatoms. The Morgan fingerprint density at radius 2 is 1.07 bits per heavy atom. The van der Waals surface area contributed by atoms with Crippen LogP contribution in [0.4, 0.5) is 18.9 Å². The second kappa shape index (κ2) is 11.2. The average molecular weight is 731 g/mol. The zero-order valence-corrected chi connectivity index (χ0v) is 31.4. The molecule has 276 valence electrons. The van der Waals surface area contributed by atoms with E-state index in [4.69, 9.17) is 0 Å². The molecule has 4 aromatic rings. The monoisotopic (exact) mass is 730 g/mol. The first-order valence-corrected chi connectivity index (χ1v) is 18.8. The molecule has 54 heavy (non-hydrogen) atoms. The SMILES string of the molecule is Cc1cc2c(c(C)c1C)C1c3c(cc(C)c(N4C(=O)c5ccc(C(C)(c6ccc7c(c6)C(=O)N(C)C7=O)C(F)(F)F)cc5C4=O)c3C)C2C2CCCCC12. The molecule has 4 aromatic carbocycles. The Labute approximate surface area is 312 Å². The average Bonchev–Trinajstić information content (AvgIpc) is 3.51. The third-order valence-electron chi connectivity index (χ3n) is 14.0. The van der Waals surface area contributed by atoms with Gasteiger partial charge in [-0.15, -0.1) is 0 Å². The Morgan fingerprint density at radius 1 is 0.593 bits per heavy atom. The van der Waals surface area contributed by atoms with Gasteiger partial charge in [0.1, 0.15) is 5.41 Å². The van der Waals surface area contributed by atoms with Gasteiger partial charge in [-0.25, -0.2) is 4.90 Å². The molecule has 6 aliphatic rings. The number of aryl methyl sites for hydroxylation is 2. The Balaban J connectivity index is 1.16. The molecular weight excluding hydrogens is 689 g/mol. The van der Waals surface area contributed by atoms with Crippen LogP contribution in [0.3, 0.4) is 0 Å². The fourth-order valence-electron chi connectivity index (χ4n) is 11.0. The molecule has 1 saturated carbocycles. The molecule has 0 saturated heterocycles. The van der Waals surface area contributed by atoms with Gasteiger partial charge < -0.3 is 0 Å². The van der Waals surface area contributed by atoms with Crippen LogP contribution in [0.2, 0.25) is 0 Å². The summed E-state index contributed by atoms with van der Waals surface area (Å²) in [5.41, 5.74) is 8.02. The van der Waals surface area contributed by atoms with E-state index in [1.54, 1.807) is 0 Å². The van der Waals surface area contributed by atoms with Crippen LogP contribution >= 0.6 is 0 Å². The van der Waals surface area contributed by atoms with Crippen molar-refractivity contribution < 1.29 is 32.3 Å². The van der Waals surface area contributed by atoms with Crippen molar-refractivity contribution in [3.05, 3.63) is 132 Å². The number of rotatable bonds is 3. The molecule has 0 aromatic heterocycles. The van der Waals surface area contributed by atoms with Crippen molar-refractivity contribution >= 4 is 29.3 Å². The van der Waals surface area contributed by atoms with Gasteiger partial charge in [-0.2, -0.15) is 13.2 Å². The van der Waals surface area contributed by atoms with Crippen molar-refractivity contribution in [2.45, 2.75) is 90.7 Å². The van der Waals surface area contributed by atoms with Gasteiger partial charge in [-0.1, -0.05) is 37.1 Å². The number of fused-ring (bicyclic) bond motifs is 2. The molecule has 5 atom stereocenters. The number of hydrogen-bond donors (Lipinski definition) is 0. The van der Waals surface area contributed by atoms with Crippen LogP contribution in [0.25, 0.3) is 0 Å². The van der Waals surface area contributed by atoms with E-state index in [1.165, 1.54) is 100 Å². The highest BCUT2D eigenvalue weighted by Crippen LogP contribution is 2.64. The second-order valence-corrected chi connectivity index (χ2v) is 16.4. The summed E-state index contributed by atoms with van der Waals surface area (Å²) in [6.45, 7) is 11.5. The molecule has 4 aliphatic carbocycles. The first-order chi connectivity index (χ1) is 25.5. The minimum absolute atomic E-state index is 0.0352. The number of alkyl halides is 3. The third-order valence-corrected chi connectivity index (χ3v) is 14.0. The standard InChI is InChI=1S/C45H41F3N2O4/c1-20-16-33-35(23(4)22(20)3)38-28-11-9-8-10-27(28)37(33)34-17-21(2)39(24(5)36(34)38)50-42(53)30-15-13-26(19-32(30)43(50)54)44(6,45(46,47)48)25-12-14-29-31(18-25)41(52)49(7)40(29)51/h12-19,27-28,37-38H,8-11H2,1-7H3. The number of carbonyl (C=O) groups is 4. The second-order valence-electron chi connectivity index (χ2n) is 16.4. The highest BCUT2D eigenvalue weighted by atomic mass is 19.4. The summed E-state index contributed by atoms with van der Waals surface area (Å²) < 4.78 is 45.8. The summed E-state index contributed by atoms with van der Waals surface area (Å²) >= 11 is 0. The maximum absolute atomic E-state index is 15.3. The number of nitrogens with zero attached hydrogens (tertiary/aromatic N) is 2. The summed E-state index contributed by atoms with van der Waals surface area (Å²) in [6, 6.07) is 11.9. The van der Waals surface area contributed by atoms with Crippen LogP contribution in [0, 0.1) is 46.5 Å². The lowest BCUT2D eigenvalue weighted by molar-refractivity contribution is -0.173. The highest BCUT2D eigenvalue weighted by Gasteiger charge is 2.56. The van der Waals surface area contributed by atoms with Crippen molar-refractivity contribution in [3.63, 3.8) is 0 Å². The van der Waals surface area contributed by atoms with E-state index in [2.05, 4.69) is 32.9 Å². The Bertz CT molecular complexity index is 2450. The predicted octanol–water partition coefficient (Wildman–Crippen LogP) is 9.52. The number of imide groups is 2. The van der Waals surface area contributed by atoms with Gasteiger partial charge in [0, 0.05) is 18.9 Å². The molecule has 5 unspecified atom stereocenters. The number of carbonyl (C=O) groups excluding carboxylic acids is 4. The molecule has 4 amide bonds. The van der Waals surface area contributed by atoms with Gasteiger partial charge in [0.2, 0.25) is 0 Å². The minimum atomic E-state index is -4.87. The zero-order chi connectivity index (χ0) is 38.5. The lowest BCUT2D eigenvalue weighted by Crippen LogP contribution is -2.43. The van der Waals surface area contributed by atoms with Crippen molar-refractivity contribution in [1.82, 2.24) is 4.90 Å². The smallest absolute Gasteiger partial charge is 0.277 e. The van der Waals surface area contributed by atoms with Gasteiger partial charge in [0.05, 0.1) is 27.9 Å². The maximum atomic E-state index is 15.3. The predicted molar refractivity (Wildman–Crippen MR) is 199 cm³/mol. The van der Waals surface area contributed by atoms with E-state index in [9.17, 15) is 19.2 Å². The molecule has 0 radical (unpaired) electrons. The van der Waals surface area contributed by atoms with Crippen LogP contribution in [0.5, 0.6) is 0 Å². The van der Waals surface area contributed by atoms with Crippen LogP contribution in [-0.4, -0.2) is 41.8 Å². The Morgan fingerprint density at radius 3 is 1.67 bits per heavy atom. The quantitative estimate of drug-likeness (QED) is 0.197. The molecule has 6 nitrogen and oxygen atoms in total. The van der Waals surface area contributed by atoms with E-state index in [0.717, 1.165) is 35.4 Å². The first-order valence-electron chi connectivity index (χ1n) is 18.8. The normalized spacial score (nSPS) is 23.7. The van der Waals surface area contributed by atoms with E-state index in [0.29, 0.717) is 17.5 Å². The fraction of sp³-hybridized carbons (Fsp3) is 0.378. The van der Waals surface area contributed by atoms with Crippen LogP contribution < -0.4 is 4.90 Å². The summed E-state index contributed by atoms with van der Waals surface area (Å²) in [5.74, 6) is -1.15. The third kappa shape index (κ3) is 4.24. The number of anilines is 1. The number of amides is 4. The van der Waals surface area contributed by atoms with Gasteiger partial charge in [0.15, 0.2) is 0 Å². The molecule has 0 spiro atoms. The van der Waals surface area contributed by atoms with Crippen molar-refractivity contribution in [2.24, 2.45) is 11.8 Å². The molecule has 10 rings (SSSR count). The van der Waals surface area contributed by atoms with E-state index in [-0.39, 0.29) is 45.2 Å². The molecule has 0 N–H and O–H groups in total. The highest BCUT2D eigenvalue weighted by molar-refractivity contribution is 6.35. The molecule has 2 bridgehead atoms. The van der Waals surface area contributed by atoms with Gasteiger partial charge in [0.25, 0.3) is 23.6 Å². The van der Waals surface area contributed by atoms with Gasteiger partial charge in [-0.3, -0.25) is 24.1 Å². The zero-order valence-electron chi connectivity index (χ0n) is 31.4. The minimum Gasteiger partial charge on any atom is -0.277 e. The van der Waals surface area contributed by atoms with E-state index in [1.807, 2.05) is 13.8 Å². The van der Waals surface area contributed by atoms with Crippen molar-refractivity contribution in [3.8, 4) is 0 Å². The van der Waals surface area contributed by atoms with Crippen LogP contribution in [0.15, 0.2) is 48.5 Å². The van der Waals surface area contributed by atoms with Crippen LogP contribution in [-0.2, 0) is 5.41 Å². The lowest BCUT2D eigenvalue weighted by atomic mass is 9.49. The Kier molecular flexibility index (Phi) is 7.23. The summed E-state index contributed by atoms with van der Waals surface area (Å²) in [7, 11) is 1.28. The van der Waals surface area contributed by atoms with E-state index >= 15 is 13.2 Å². The maximum Gasteiger partial charge on any atom is 0.402 e. The largest absolute Gasteiger partial charge is 0.402 e. The topological polar surface area (TPSA) is 74.8 Å². The van der Waals surface area contributed by atoms with Crippen LogP contribution in [0.1, 0.15) is 147 Å². The summed E-state index contributed by atoms with van der Waals surface area (Å²) in [4.78, 5) is 56.1. The summed E-state index contributed by atoms with van der Waals surface area (Å²) in [5, 5.41) is 0. The number of benzene rings is 4. The number of hydrogen-bond acceptors (Lipinski definition) is 4. The molecule has 1 fully saturated rings. The van der Waals surface area contributed by atoms with Gasteiger partial charge in [-0.05, 0) is 152 Å². The van der Waals surface area contributed by atoms with Gasteiger partial charge >= 0.3 is 6.18 Å². The fourth-order valence-corrected chi connectivity index (χ4v) is 11.0. The lowest BCUT2D eigenvalue weighted by Gasteiger charge is -2.54. The first kappa shape index (κ1) is 34.7. The van der Waals surface area contributed by atoms with Crippen molar-refractivity contribution in [1.29, 1.82) is 0 Å². The Hall–Kier alpha value is -5.05.